The van der Waals surface area contributed by atoms with E-state index in [1.807, 2.05) is 6.92 Å². The quantitative estimate of drug-likeness (QED) is 0.507. The molecule has 0 aliphatic heterocycles. The number of hydrogen-bond acceptors (Lipinski definition) is 5. The SMILES string of the molecule is CCc1c(-c2nn(C)c(=O)o2)ccnc1-c1ccc(C(=O)Nc2c(F)cccc2F)cc1. The number of nitrogens with zero attached hydrogens (tertiary/aromatic N) is 3. The Morgan fingerprint density at radius 2 is 1.78 bits per heavy atom. The lowest BCUT2D eigenvalue weighted by Gasteiger charge is -2.11. The van der Waals surface area contributed by atoms with E-state index >= 15 is 0 Å². The minimum Gasteiger partial charge on any atom is -0.388 e. The number of pyridine rings is 1. The second kappa shape index (κ2) is 8.54. The van der Waals surface area contributed by atoms with Gasteiger partial charge >= 0.3 is 5.76 Å². The normalized spacial score (nSPS) is 10.9. The van der Waals surface area contributed by atoms with E-state index in [1.165, 1.54) is 25.2 Å². The Hall–Kier alpha value is -4.14. The number of hydrogen-bond donors (Lipinski definition) is 1. The van der Waals surface area contributed by atoms with Crippen molar-refractivity contribution in [2.45, 2.75) is 13.3 Å². The second-order valence-electron chi connectivity index (χ2n) is 6.96. The van der Waals surface area contributed by atoms with E-state index in [1.54, 1.807) is 24.4 Å². The van der Waals surface area contributed by atoms with Gasteiger partial charge in [0.2, 0.25) is 5.89 Å². The van der Waals surface area contributed by atoms with Crippen LogP contribution in [0.25, 0.3) is 22.7 Å². The van der Waals surface area contributed by atoms with Crippen LogP contribution in [0.4, 0.5) is 14.5 Å². The molecule has 0 radical (unpaired) electrons. The standard InChI is InChI=1S/C23H18F2N4O3/c1-3-15-16(22-28-29(2)23(31)32-22)11-12-26-19(15)13-7-9-14(10-8-13)21(30)27-20-17(24)5-4-6-18(20)25/h4-12H,3H2,1-2H3,(H,27,30). The summed E-state index contributed by atoms with van der Waals surface area (Å²) in [6, 6.07) is 11.5. The first-order valence-corrected chi connectivity index (χ1v) is 9.77. The molecular formula is C23H18F2N4O3. The predicted octanol–water partition coefficient (Wildman–Crippen LogP) is 4.20. The molecule has 0 saturated carbocycles. The molecule has 0 aliphatic rings. The number of halogens is 2. The van der Waals surface area contributed by atoms with Crippen molar-refractivity contribution in [2.24, 2.45) is 7.05 Å². The first-order chi connectivity index (χ1) is 15.4. The molecule has 9 heteroatoms. The molecule has 0 fully saturated rings. The van der Waals surface area contributed by atoms with Crippen LogP contribution in [0.15, 0.2) is 63.9 Å². The molecular weight excluding hydrogens is 418 g/mol. The molecule has 32 heavy (non-hydrogen) atoms. The maximum atomic E-state index is 13.8. The summed E-state index contributed by atoms with van der Waals surface area (Å²) < 4.78 is 33.9. The fourth-order valence-corrected chi connectivity index (χ4v) is 3.34. The summed E-state index contributed by atoms with van der Waals surface area (Å²) in [5.41, 5.74) is 2.55. The minimum absolute atomic E-state index is 0.195. The topological polar surface area (TPSA) is 90.0 Å². The zero-order chi connectivity index (χ0) is 22.8. The van der Waals surface area contributed by atoms with Crippen LogP contribution < -0.4 is 11.1 Å². The molecule has 4 rings (SSSR count). The summed E-state index contributed by atoms with van der Waals surface area (Å²) in [7, 11) is 1.50. The summed E-state index contributed by atoms with van der Waals surface area (Å²) in [4.78, 5) is 28.6. The Balaban J connectivity index is 1.65. The molecule has 1 amide bonds. The van der Waals surface area contributed by atoms with Crippen LogP contribution in [0.5, 0.6) is 0 Å². The van der Waals surface area contributed by atoms with Gasteiger partial charge in [-0.15, -0.1) is 5.10 Å². The summed E-state index contributed by atoms with van der Waals surface area (Å²) in [6.45, 7) is 1.94. The van der Waals surface area contributed by atoms with Crippen molar-refractivity contribution in [2.75, 3.05) is 5.32 Å². The number of aromatic nitrogens is 3. The van der Waals surface area contributed by atoms with E-state index in [0.29, 0.717) is 17.7 Å². The Kier molecular flexibility index (Phi) is 5.63. The van der Waals surface area contributed by atoms with Crippen LogP contribution in [0.2, 0.25) is 0 Å². The monoisotopic (exact) mass is 436 g/mol. The van der Waals surface area contributed by atoms with Crippen molar-refractivity contribution in [3.8, 4) is 22.7 Å². The molecule has 0 bridgehead atoms. The largest absolute Gasteiger partial charge is 0.437 e. The number of nitrogens with one attached hydrogen (secondary N) is 1. The fourth-order valence-electron chi connectivity index (χ4n) is 3.34. The van der Waals surface area contributed by atoms with Crippen LogP contribution in [-0.2, 0) is 13.5 Å². The van der Waals surface area contributed by atoms with Crippen molar-refractivity contribution in [3.05, 3.63) is 88.0 Å². The van der Waals surface area contributed by atoms with E-state index in [4.69, 9.17) is 4.42 Å². The third-order valence-electron chi connectivity index (χ3n) is 4.95. The van der Waals surface area contributed by atoms with E-state index < -0.39 is 29.0 Å². The van der Waals surface area contributed by atoms with Crippen molar-refractivity contribution in [1.82, 2.24) is 14.8 Å². The predicted molar refractivity (Wildman–Crippen MR) is 114 cm³/mol. The van der Waals surface area contributed by atoms with Gasteiger partial charge in [-0.3, -0.25) is 9.78 Å². The number of benzene rings is 2. The number of carbonyl (C=O) groups is 1. The first kappa shape index (κ1) is 21.1. The number of amides is 1. The van der Waals surface area contributed by atoms with Gasteiger partial charge in [0.25, 0.3) is 5.91 Å². The molecule has 1 N–H and O–H groups in total. The third-order valence-corrected chi connectivity index (χ3v) is 4.95. The van der Waals surface area contributed by atoms with Gasteiger partial charge in [-0.1, -0.05) is 25.1 Å². The fraction of sp³-hybridized carbons (Fsp3) is 0.130. The van der Waals surface area contributed by atoms with Gasteiger partial charge in [0.05, 0.1) is 5.69 Å². The number of para-hydroxylation sites is 1. The lowest BCUT2D eigenvalue weighted by molar-refractivity contribution is 0.102. The zero-order valence-electron chi connectivity index (χ0n) is 17.2. The third kappa shape index (κ3) is 3.92. The molecule has 0 saturated heterocycles. The van der Waals surface area contributed by atoms with Gasteiger partial charge in [0.15, 0.2) is 0 Å². The highest BCUT2D eigenvalue weighted by Gasteiger charge is 2.18. The molecule has 0 aliphatic carbocycles. The second-order valence-corrected chi connectivity index (χ2v) is 6.96. The molecule has 2 aromatic heterocycles. The van der Waals surface area contributed by atoms with Gasteiger partial charge in [-0.05, 0) is 42.3 Å². The molecule has 162 valence electrons. The zero-order valence-corrected chi connectivity index (χ0v) is 17.2. The average molecular weight is 436 g/mol. The van der Waals surface area contributed by atoms with Crippen LogP contribution in [0.3, 0.4) is 0 Å². The van der Waals surface area contributed by atoms with Crippen LogP contribution in [0.1, 0.15) is 22.8 Å². The summed E-state index contributed by atoms with van der Waals surface area (Å²) >= 11 is 0. The Labute approximate surface area is 181 Å². The number of rotatable bonds is 5. The Morgan fingerprint density at radius 1 is 1.09 bits per heavy atom. The van der Waals surface area contributed by atoms with Crippen molar-refractivity contribution in [1.29, 1.82) is 0 Å². The van der Waals surface area contributed by atoms with E-state index in [0.717, 1.165) is 27.9 Å². The van der Waals surface area contributed by atoms with Gasteiger partial charge in [0.1, 0.15) is 17.3 Å². The van der Waals surface area contributed by atoms with Crippen molar-refractivity contribution in [3.63, 3.8) is 0 Å². The molecule has 0 atom stereocenters. The molecule has 4 aromatic rings. The minimum atomic E-state index is -0.857. The molecule has 2 heterocycles. The first-order valence-electron chi connectivity index (χ1n) is 9.77. The molecule has 2 aromatic carbocycles. The number of anilines is 1. The van der Waals surface area contributed by atoms with Crippen molar-refractivity contribution < 1.29 is 18.0 Å². The lowest BCUT2D eigenvalue weighted by Crippen LogP contribution is -2.14. The summed E-state index contributed by atoms with van der Waals surface area (Å²) in [5, 5.41) is 6.37. The maximum absolute atomic E-state index is 13.8. The number of aryl methyl sites for hydroxylation is 1. The van der Waals surface area contributed by atoms with Gasteiger partial charge in [0, 0.05) is 29.9 Å². The highest BCUT2D eigenvalue weighted by atomic mass is 19.1. The molecule has 0 spiro atoms. The lowest BCUT2D eigenvalue weighted by atomic mass is 9.98. The van der Waals surface area contributed by atoms with Gasteiger partial charge in [-0.25, -0.2) is 13.6 Å². The Morgan fingerprint density at radius 3 is 2.38 bits per heavy atom. The summed E-state index contributed by atoms with van der Waals surface area (Å²) in [5.74, 6) is -2.73. The van der Waals surface area contributed by atoms with Crippen LogP contribution in [0, 0.1) is 11.6 Å². The Bertz CT molecular complexity index is 1340. The van der Waals surface area contributed by atoms with Crippen molar-refractivity contribution >= 4 is 11.6 Å². The van der Waals surface area contributed by atoms with E-state index in [2.05, 4.69) is 15.4 Å². The van der Waals surface area contributed by atoms with Gasteiger partial charge in [-0.2, -0.15) is 4.68 Å². The summed E-state index contributed by atoms with van der Waals surface area (Å²) in [6.07, 6.45) is 2.17. The highest BCUT2D eigenvalue weighted by Crippen LogP contribution is 2.30. The maximum Gasteiger partial charge on any atom is 0.437 e. The smallest absolute Gasteiger partial charge is 0.388 e. The highest BCUT2D eigenvalue weighted by molar-refractivity contribution is 6.04. The number of carbonyl (C=O) groups excluding carboxylic acids is 1. The van der Waals surface area contributed by atoms with Gasteiger partial charge < -0.3 is 9.73 Å². The molecule has 0 unspecified atom stereocenters. The van der Waals surface area contributed by atoms with Crippen LogP contribution in [-0.4, -0.2) is 20.7 Å². The average Bonchev–Trinajstić information content (AvgIpc) is 3.13. The van der Waals surface area contributed by atoms with E-state index in [9.17, 15) is 18.4 Å². The van der Waals surface area contributed by atoms with E-state index in [-0.39, 0.29) is 11.5 Å². The molecule has 7 nitrogen and oxygen atoms in total. The van der Waals surface area contributed by atoms with Crippen LogP contribution >= 0.6 is 0 Å².